The van der Waals surface area contributed by atoms with Crippen LogP contribution in [-0.2, 0) is 6.42 Å². The summed E-state index contributed by atoms with van der Waals surface area (Å²) in [6.45, 7) is 2.07. The molecule has 0 aliphatic heterocycles. The van der Waals surface area contributed by atoms with Crippen LogP contribution in [0, 0.1) is 0 Å². The second kappa shape index (κ2) is 5.71. The maximum atomic E-state index is 12.3. The van der Waals surface area contributed by atoms with E-state index in [0.29, 0.717) is 5.56 Å². The number of nitrogens with zero attached hydrogens (tertiary/aromatic N) is 2. The number of benzene rings is 1. The van der Waals surface area contributed by atoms with Crippen molar-refractivity contribution in [1.29, 1.82) is 0 Å². The molecule has 0 unspecified atom stereocenters. The number of rotatable bonds is 3. The Bertz CT molecular complexity index is 784. The summed E-state index contributed by atoms with van der Waals surface area (Å²) in [4.78, 5) is 20.6. The Morgan fingerprint density at radius 3 is 2.76 bits per heavy atom. The van der Waals surface area contributed by atoms with E-state index in [2.05, 4.69) is 22.2 Å². The molecule has 0 bridgehead atoms. The Balaban J connectivity index is 1.99. The fourth-order valence-corrected chi connectivity index (χ4v) is 2.40. The molecule has 0 spiro atoms. The number of aromatic nitrogens is 2. The lowest BCUT2D eigenvalue weighted by atomic mass is 10.0. The third-order valence-electron chi connectivity index (χ3n) is 3.42. The SMILES string of the molecule is CCc1c(NC(=O)c2cccnc2)ccc2ncccc12. The molecule has 0 fully saturated rings. The zero-order valence-corrected chi connectivity index (χ0v) is 11.7. The summed E-state index contributed by atoms with van der Waals surface area (Å²) in [6.07, 6.45) is 5.81. The number of pyridine rings is 2. The molecule has 0 saturated heterocycles. The molecular weight excluding hydrogens is 262 g/mol. The number of hydrogen-bond donors (Lipinski definition) is 1. The van der Waals surface area contributed by atoms with Crippen molar-refractivity contribution < 1.29 is 4.79 Å². The number of anilines is 1. The lowest BCUT2D eigenvalue weighted by Gasteiger charge is -2.12. The van der Waals surface area contributed by atoms with E-state index in [-0.39, 0.29) is 5.91 Å². The molecule has 4 heteroatoms. The number of nitrogens with one attached hydrogen (secondary N) is 1. The molecule has 1 amide bonds. The Kier molecular flexibility index (Phi) is 3.60. The van der Waals surface area contributed by atoms with Crippen molar-refractivity contribution in [2.45, 2.75) is 13.3 Å². The van der Waals surface area contributed by atoms with Gasteiger partial charge in [-0.1, -0.05) is 13.0 Å². The third kappa shape index (κ3) is 2.60. The van der Waals surface area contributed by atoms with Crippen molar-refractivity contribution in [2.24, 2.45) is 0 Å². The Morgan fingerprint density at radius 1 is 1.14 bits per heavy atom. The first-order valence-corrected chi connectivity index (χ1v) is 6.87. The smallest absolute Gasteiger partial charge is 0.257 e. The van der Waals surface area contributed by atoms with E-state index in [1.807, 2.05) is 24.3 Å². The van der Waals surface area contributed by atoms with E-state index in [1.165, 1.54) is 0 Å². The minimum Gasteiger partial charge on any atom is -0.322 e. The predicted octanol–water partition coefficient (Wildman–Crippen LogP) is 3.44. The first-order chi connectivity index (χ1) is 10.3. The molecule has 2 heterocycles. The summed E-state index contributed by atoms with van der Waals surface area (Å²) in [7, 11) is 0. The van der Waals surface area contributed by atoms with Gasteiger partial charge in [-0.25, -0.2) is 0 Å². The van der Waals surface area contributed by atoms with Crippen LogP contribution in [0.15, 0.2) is 55.0 Å². The van der Waals surface area contributed by atoms with Gasteiger partial charge in [0.05, 0.1) is 11.1 Å². The minimum atomic E-state index is -0.152. The van der Waals surface area contributed by atoms with Gasteiger partial charge in [-0.15, -0.1) is 0 Å². The Morgan fingerprint density at radius 2 is 2.00 bits per heavy atom. The van der Waals surface area contributed by atoms with Crippen molar-refractivity contribution in [3.05, 3.63) is 66.1 Å². The number of aryl methyl sites for hydroxylation is 1. The standard InChI is InChI=1S/C17H15N3O/c1-2-13-14-6-4-10-19-15(14)7-8-16(13)20-17(21)12-5-3-9-18-11-12/h3-11H,2H2,1H3,(H,20,21). The van der Waals surface area contributed by atoms with Gasteiger partial charge in [0.2, 0.25) is 0 Å². The number of fused-ring (bicyclic) bond motifs is 1. The van der Waals surface area contributed by atoms with Crippen molar-refractivity contribution in [2.75, 3.05) is 5.32 Å². The van der Waals surface area contributed by atoms with Gasteiger partial charge in [0.25, 0.3) is 5.91 Å². The molecule has 2 aromatic heterocycles. The monoisotopic (exact) mass is 277 g/mol. The second-order valence-corrected chi connectivity index (χ2v) is 4.71. The van der Waals surface area contributed by atoms with Crippen LogP contribution in [0.3, 0.4) is 0 Å². The van der Waals surface area contributed by atoms with Gasteiger partial charge < -0.3 is 5.32 Å². The highest BCUT2D eigenvalue weighted by Crippen LogP contribution is 2.25. The minimum absolute atomic E-state index is 0.152. The number of carbonyl (C=O) groups is 1. The van der Waals surface area contributed by atoms with Gasteiger partial charge in [0.1, 0.15) is 0 Å². The van der Waals surface area contributed by atoms with Crippen LogP contribution in [0.25, 0.3) is 10.9 Å². The number of hydrogen-bond acceptors (Lipinski definition) is 3. The van der Waals surface area contributed by atoms with E-state index in [4.69, 9.17) is 0 Å². The highest BCUT2D eigenvalue weighted by molar-refractivity contribution is 6.05. The van der Waals surface area contributed by atoms with Crippen LogP contribution in [-0.4, -0.2) is 15.9 Å². The topological polar surface area (TPSA) is 54.9 Å². The fourth-order valence-electron chi connectivity index (χ4n) is 2.40. The van der Waals surface area contributed by atoms with Crippen molar-refractivity contribution in [3.63, 3.8) is 0 Å². The maximum Gasteiger partial charge on any atom is 0.257 e. The first kappa shape index (κ1) is 13.2. The molecule has 0 aliphatic carbocycles. The van der Waals surface area contributed by atoms with Crippen molar-refractivity contribution in [1.82, 2.24) is 9.97 Å². The van der Waals surface area contributed by atoms with Gasteiger partial charge in [-0.05, 0) is 42.3 Å². The maximum absolute atomic E-state index is 12.3. The summed E-state index contributed by atoms with van der Waals surface area (Å²) >= 11 is 0. The van der Waals surface area contributed by atoms with Gasteiger partial charge in [0.15, 0.2) is 0 Å². The highest BCUT2D eigenvalue weighted by Gasteiger charge is 2.11. The Hall–Kier alpha value is -2.75. The molecule has 4 nitrogen and oxygen atoms in total. The van der Waals surface area contributed by atoms with Crippen LogP contribution >= 0.6 is 0 Å². The lowest BCUT2D eigenvalue weighted by Crippen LogP contribution is -2.13. The molecule has 0 saturated carbocycles. The first-order valence-electron chi connectivity index (χ1n) is 6.87. The van der Waals surface area contributed by atoms with E-state index in [1.54, 1.807) is 30.7 Å². The van der Waals surface area contributed by atoms with E-state index in [0.717, 1.165) is 28.6 Å². The van der Waals surface area contributed by atoms with Gasteiger partial charge in [-0.2, -0.15) is 0 Å². The lowest BCUT2D eigenvalue weighted by molar-refractivity contribution is 0.102. The van der Waals surface area contributed by atoms with Gasteiger partial charge >= 0.3 is 0 Å². The fraction of sp³-hybridized carbons (Fsp3) is 0.118. The molecule has 0 radical (unpaired) electrons. The number of amides is 1. The zero-order valence-electron chi connectivity index (χ0n) is 11.7. The summed E-state index contributed by atoms with van der Waals surface area (Å²) in [5, 5.41) is 4.04. The average Bonchev–Trinajstić information content (AvgIpc) is 2.55. The quantitative estimate of drug-likeness (QED) is 0.797. The van der Waals surface area contributed by atoms with E-state index < -0.39 is 0 Å². The van der Waals surface area contributed by atoms with Crippen LogP contribution in [0.2, 0.25) is 0 Å². The second-order valence-electron chi connectivity index (χ2n) is 4.71. The highest BCUT2D eigenvalue weighted by atomic mass is 16.1. The van der Waals surface area contributed by atoms with E-state index in [9.17, 15) is 4.79 Å². The number of carbonyl (C=O) groups excluding carboxylic acids is 1. The largest absolute Gasteiger partial charge is 0.322 e. The molecular formula is C17H15N3O. The molecule has 0 atom stereocenters. The summed E-state index contributed by atoms with van der Waals surface area (Å²) in [6, 6.07) is 11.3. The molecule has 0 aliphatic rings. The molecule has 21 heavy (non-hydrogen) atoms. The molecule has 3 rings (SSSR count). The van der Waals surface area contributed by atoms with Crippen LogP contribution in [0.1, 0.15) is 22.8 Å². The van der Waals surface area contributed by atoms with Crippen molar-refractivity contribution >= 4 is 22.5 Å². The summed E-state index contributed by atoms with van der Waals surface area (Å²) in [5.41, 5.74) is 3.41. The normalized spacial score (nSPS) is 10.5. The summed E-state index contributed by atoms with van der Waals surface area (Å²) < 4.78 is 0. The third-order valence-corrected chi connectivity index (χ3v) is 3.42. The van der Waals surface area contributed by atoms with Gasteiger partial charge in [-0.3, -0.25) is 14.8 Å². The van der Waals surface area contributed by atoms with Crippen LogP contribution in [0.5, 0.6) is 0 Å². The summed E-state index contributed by atoms with van der Waals surface area (Å²) in [5.74, 6) is -0.152. The van der Waals surface area contributed by atoms with Crippen molar-refractivity contribution in [3.8, 4) is 0 Å². The van der Waals surface area contributed by atoms with Crippen LogP contribution < -0.4 is 5.32 Å². The average molecular weight is 277 g/mol. The molecule has 3 aromatic rings. The molecule has 1 N–H and O–H groups in total. The molecule has 1 aromatic carbocycles. The van der Waals surface area contributed by atoms with E-state index >= 15 is 0 Å². The van der Waals surface area contributed by atoms with Gasteiger partial charge in [0, 0.05) is 29.7 Å². The Labute approximate surface area is 122 Å². The molecule has 104 valence electrons. The zero-order chi connectivity index (χ0) is 14.7. The predicted molar refractivity (Wildman–Crippen MR) is 83.3 cm³/mol. The van der Waals surface area contributed by atoms with Crippen LogP contribution in [0.4, 0.5) is 5.69 Å².